The van der Waals surface area contributed by atoms with Crippen LogP contribution in [-0.4, -0.2) is 34.9 Å². The first-order valence-electron chi connectivity index (χ1n) is 7.06. The van der Waals surface area contributed by atoms with Gasteiger partial charge >= 0.3 is 0 Å². The molecular formula is C16H18N4O2. The summed E-state index contributed by atoms with van der Waals surface area (Å²) in [5.41, 5.74) is 1.93. The van der Waals surface area contributed by atoms with Crippen LogP contribution < -0.4 is 10.6 Å². The summed E-state index contributed by atoms with van der Waals surface area (Å²) in [5.74, 6) is -0.326. The summed E-state index contributed by atoms with van der Waals surface area (Å²) < 4.78 is 0. The van der Waals surface area contributed by atoms with E-state index in [0.717, 1.165) is 5.69 Å². The normalized spacial score (nSPS) is 10.0. The Bertz CT molecular complexity index is 626. The molecule has 22 heavy (non-hydrogen) atoms. The molecule has 2 amide bonds. The Hall–Kier alpha value is -2.76. The molecule has 0 fully saturated rings. The van der Waals surface area contributed by atoms with Crippen LogP contribution in [0.5, 0.6) is 0 Å². The standard InChI is InChI=1S/C16H18N4O2/c1-12-5-6-14(11-20-12)16(22)19-9-3-8-18-15(21)13-4-2-7-17-10-13/h2,4-7,10-11H,3,8-9H2,1H3,(H,18,21)(H,19,22). The van der Waals surface area contributed by atoms with Crippen LogP contribution in [0.15, 0.2) is 42.9 Å². The average Bonchev–Trinajstić information content (AvgIpc) is 2.55. The van der Waals surface area contributed by atoms with Crippen LogP contribution in [0.2, 0.25) is 0 Å². The van der Waals surface area contributed by atoms with Gasteiger partial charge in [0.15, 0.2) is 0 Å². The van der Waals surface area contributed by atoms with Crippen LogP contribution in [0.3, 0.4) is 0 Å². The molecule has 2 rings (SSSR count). The van der Waals surface area contributed by atoms with Gasteiger partial charge in [-0.25, -0.2) is 0 Å². The van der Waals surface area contributed by atoms with Gasteiger partial charge in [-0.05, 0) is 37.6 Å². The van der Waals surface area contributed by atoms with Gasteiger partial charge < -0.3 is 10.6 Å². The SMILES string of the molecule is Cc1ccc(C(=O)NCCCNC(=O)c2cccnc2)cn1. The number of hydrogen-bond acceptors (Lipinski definition) is 4. The third-order valence-corrected chi connectivity index (χ3v) is 3.02. The summed E-state index contributed by atoms with van der Waals surface area (Å²) in [4.78, 5) is 31.5. The molecule has 6 heteroatoms. The maximum absolute atomic E-state index is 11.8. The van der Waals surface area contributed by atoms with E-state index in [-0.39, 0.29) is 11.8 Å². The van der Waals surface area contributed by atoms with Crippen LogP contribution in [0.4, 0.5) is 0 Å². The monoisotopic (exact) mass is 298 g/mol. The smallest absolute Gasteiger partial charge is 0.252 e. The summed E-state index contributed by atoms with van der Waals surface area (Å²) in [6.07, 6.45) is 5.33. The lowest BCUT2D eigenvalue weighted by Gasteiger charge is -2.07. The summed E-state index contributed by atoms with van der Waals surface area (Å²) in [6, 6.07) is 6.95. The van der Waals surface area contributed by atoms with Crippen molar-refractivity contribution in [1.82, 2.24) is 20.6 Å². The first-order chi connectivity index (χ1) is 10.7. The molecule has 0 aromatic carbocycles. The van der Waals surface area contributed by atoms with Crippen molar-refractivity contribution in [2.24, 2.45) is 0 Å². The number of nitrogens with zero attached hydrogens (tertiary/aromatic N) is 2. The van der Waals surface area contributed by atoms with Crippen molar-refractivity contribution in [3.63, 3.8) is 0 Å². The Labute approximate surface area is 129 Å². The molecule has 0 spiro atoms. The maximum atomic E-state index is 11.8. The van der Waals surface area contributed by atoms with Crippen LogP contribution >= 0.6 is 0 Å². The average molecular weight is 298 g/mol. The minimum absolute atomic E-state index is 0.161. The molecule has 2 aromatic heterocycles. The Morgan fingerprint density at radius 3 is 2.23 bits per heavy atom. The molecule has 0 saturated heterocycles. The highest BCUT2D eigenvalue weighted by Crippen LogP contribution is 1.99. The number of aryl methyl sites for hydroxylation is 1. The van der Waals surface area contributed by atoms with Crippen molar-refractivity contribution >= 4 is 11.8 Å². The molecule has 2 N–H and O–H groups in total. The second-order valence-corrected chi connectivity index (χ2v) is 4.80. The van der Waals surface area contributed by atoms with Gasteiger partial charge in [0, 0.05) is 37.4 Å². The fourth-order valence-electron chi connectivity index (χ4n) is 1.80. The van der Waals surface area contributed by atoms with Crippen molar-refractivity contribution < 1.29 is 9.59 Å². The zero-order chi connectivity index (χ0) is 15.8. The predicted octanol–water partition coefficient (Wildman–Crippen LogP) is 1.33. The first-order valence-corrected chi connectivity index (χ1v) is 7.06. The lowest BCUT2D eigenvalue weighted by Crippen LogP contribution is -2.30. The van der Waals surface area contributed by atoms with Gasteiger partial charge in [-0.1, -0.05) is 0 Å². The molecule has 0 unspecified atom stereocenters. The van der Waals surface area contributed by atoms with E-state index in [1.807, 2.05) is 6.92 Å². The Morgan fingerprint density at radius 2 is 1.68 bits per heavy atom. The molecule has 2 heterocycles. The van der Waals surface area contributed by atoms with Gasteiger partial charge in [-0.3, -0.25) is 19.6 Å². The van der Waals surface area contributed by atoms with Gasteiger partial charge in [0.25, 0.3) is 11.8 Å². The summed E-state index contributed by atoms with van der Waals surface area (Å²) in [7, 11) is 0. The molecule has 0 aliphatic rings. The first kappa shape index (κ1) is 15.6. The summed E-state index contributed by atoms with van der Waals surface area (Å²) >= 11 is 0. The predicted molar refractivity (Wildman–Crippen MR) is 82.5 cm³/mol. The Morgan fingerprint density at radius 1 is 1.00 bits per heavy atom. The maximum Gasteiger partial charge on any atom is 0.252 e. The number of pyridine rings is 2. The van der Waals surface area contributed by atoms with Crippen LogP contribution in [0, 0.1) is 6.92 Å². The summed E-state index contributed by atoms with van der Waals surface area (Å²) in [6.45, 7) is 2.84. The second kappa shape index (κ2) is 7.87. The van der Waals surface area contributed by atoms with Crippen molar-refractivity contribution in [2.45, 2.75) is 13.3 Å². The fourth-order valence-corrected chi connectivity index (χ4v) is 1.80. The third-order valence-electron chi connectivity index (χ3n) is 3.02. The molecular weight excluding hydrogens is 280 g/mol. The van der Waals surface area contributed by atoms with E-state index in [9.17, 15) is 9.59 Å². The quantitative estimate of drug-likeness (QED) is 0.788. The largest absolute Gasteiger partial charge is 0.352 e. The van der Waals surface area contributed by atoms with Gasteiger partial charge in [-0.2, -0.15) is 0 Å². The van der Waals surface area contributed by atoms with E-state index < -0.39 is 0 Å². The molecule has 0 atom stereocenters. The van der Waals surface area contributed by atoms with E-state index in [1.54, 1.807) is 36.7 Å². The lowest BCUT2D eigenvalue weighted by molar-refractivity contribution is 0.0951. The van der Waals surface area contributed by atoms with E-state index in [2.05, 4.69) is 20.6 Å². The minimum atomic E-state index is -0.165. The number of carbonyl (C=O) groups excluding carboxylic acids is 2. The molecule has 0 aliphatic heterocycles. The fraction of sp³-hybridized carbons (Fsp3) is 0.250. The lowest BCUT2D eigenvalue weighted by atomic mass is 10.2. The summed E-state index contributed by atoms with van der Waals surface area (Å²) in [5, 5.41) is 5.57. The number of carbonyl (C=O) groups is 2. The van der Waals surface area contributed by atoms with Crippen LogP contribution in [0.1, 0.15) is 32.8 Å². The van der Waals surface area contributed by atoms with E-state index in [0.29, 0.717) is 30.6 Å². The zero-order valence-corrected chi connectivity index (χ0v) is 12.4. The van der Waals surface area contributed by atoms with Crippen molar-refractivity contribution in [1.29, 1.82) is 0 Å². The van der Waals surface area contributed by atoms with Gasteiger partial charge in [0.1, 0.15) is 0 Å². The number of rotatable bonds is 6. The van der Waals surface area contributed by atoms with Gasteiger partial charge in [-0.15, -0.1) is 0 Å². The van der Waals surface area contributed by atoms with Gasteiger partial charge in [0.05, 0.1) is 11.1 Å². The molecule has 0 bridgehead atoms. The Kier molecular flexibility index (Phi) is 5.59. The highest BCUT2D eigenvalue weighted by Gasteiger charge is 2.06. The molecule has 6 nitrogen and oxygen atoms in total. The number of nitrogens with one attached hydrogen (secondary N) is 2. The Balaban J connectivity index is 1.66. The van der Waals surface area contributed by atoms with E-state index in [1.165, 1.54) is 6.20 Å². The van der Waals surface area contributed by atoms with E-state index >= 15 is 0 Å². The second-order valence-electron chi connectivity index (χ2n) is 4.80. The number of hydrogen-bond donors (Lipinski definition) is 2. The minimum Gasteiger partial charge on any atom is -0.352 e. The highest BCUT2D eigenvalue weighted by atomic mass is 16.2. The number of aromatic nitrogens is 2. The molecule has 0 radical (unpaired) electrons. The number of amides is 2. The van der Waals surface area contributed by atoms with Gasteiger partial charge in [0.2, 0.25) is 0 Å². The van der Waals surface area contributed by atoms with Crippen LogP contribution in [-0.2, 0) is 0 Å². The highest BCUT2D eigenvalue weighted by molar-refractivity contribution is 5.94. The van der Waals surface area contributed by atoms with Crippen LogP contribution in [0.25, 0.3) is 0 Å². The molecule has 114 valence electrons. The third kappa shape index (κ3) is 4.66. The van der Waals surface area contributed by atoms with Crippen molar-refractivity contribution in [2.75, 3.05) is 13.1 Å². The topological polar surface area (TPSA) is 84.0 Å². The van der Waals surface area contributed by atoms with Crippen molar-refractivity contribution in [3.05, 3.63) is 59.7 Å². The molecule has 0 saturated carbocycles. The molecule has 2 aromatic rings. The van der Waals surface area contributed by atoms with E-state index in [4.69, 9.17) is 0 Å². The van der Waals surface area contributed by atoms with Crippen molar-refractivity contribution in [3.8, 4) is 0 Å². The zero-order valence-electron chi connectivity index (χ0n) is 12.4. The molecule has 0 aliphatic carbocycles.